The number of sulfone groups is 1. The first kappa shape index (κ1) is 36.7. The zero-order valence-electron chi connectivity index (χ0n) is 27.2. The van der Waals surface area contributed by atoms with Gasteiger partial charge in [-0.05, 0) is 87.1 Å². The highest BCUT2D eigenvalue weighted by atomic mass is 32.2. The molecule has 4 rings (SSSR count). The maximum absolute atomic E-state index is 15.3. The fraction of sp³-hybridized carbons (Fsp3) is 0.400. The van der Waals surface area contributed by atoms with Crippen LogP contribution < -0.4 is 10.6 Å². The lowest BCUT2D eigenvalue weighted by atomic mass is 9.95. The van der Waals surface area contributed by atoms with Crippen molar-refractivity contribution in [1.82, 2.24) is 10.6 Å². The lowest BCUT2D eigenvalue weighted by molar-refractivity contribution is -0.162. The third kappa shape index (κ3) is 8.48. The van der Waals surface area contributed by atoms with Crippen LogP contribution in [0.1, 0.15) is 61.6 Å². The number of ether oxygens (including phenoxy) is 1. The quantitative estimate of drug-likeness (QED) is 0.108. The molecule has 3 aromatic rings. The van der Waals surface area contributed by atoms with Crippen LogP contribution >= 0.6 is 0 Å². The fourth-order valence-electron chi connectivity index (χ4n) is 5.77. The molecule has 1 aliphatic carbocycles. The number of benzene rings is 3. The van der Waals surface area contributed by atoms with Crippen LogP contribution in [0.15, 0.2) is 77.7 Å². The zero-order valence-corrected chi connectivity index (χ0v) is 28.1. The summed E-state index contributed by atoms with van der Waals surface area (Å²) in [7, 11) is -3.42. The molecule has 1 aliphatic rings. The van der Waals surface area contributed by atoms with Gasteiger partial charge in [0.25, 0.3) is 0 Å². The second-order valence-corrected chi connectivity index (χ2v) is 14.7. The van der Waals surface area contributed by atoms with Crippen molar-refractivity contribution >= 4 is 27.4 Å². The Morgan fingerprint density at radius 2 is 1.50 bits per heavy atom. The summed E-state index contributed by atoms with van der Waals surface area (Å²) < 4.78 is 87.8. The molecule has 258 valence electrons. The van der Waals surface area contributed by atoms with Gasteiger partial charge in [0.2, 0.25) is 5.91 Å². The third-order valence-electron chi connectivity index (χ3n) is 8.52. The van der Waals surface area contributed by atoms with E-state index in [9.17, 15) is 31.2 Å². The molecule has 1 amide bonds. The number of rotatable bonds is 13. The van der Waals surface area contributed by atoms with Crippen molar-refractivity contribution in [3.8, 4) is 11.1 Å². The average Bonchev–Trinajstić information content (AvgIpc) is 3.76. The van der Waals surface area contributed by atoms with Crippen molar-refractivity contribution in [3.63, 3.8) is 0 Å². The first-order chi connectivity index (χ1) is 22.3. The number of hydrogen-bond donors (Lipinski definition) is 3. The predicted octanol–water partition coefficient (Wildman–Crippen LogP) is 6.40. The molecular weight excluding hydrogens is 650 g/mol. The summed E-state index contributed by atoms with van der Waals surface area (Å²) in [5, 5.41) is 13.4. The van der Waals surface area contributed by atoms with Crippen molar-refractivity contribution < 1.29 is 40.3 Å². The molecule has 48 heavy (non-hydrogen) atoms. The molecule has 1 saturated carbocycles. The summed E-state index contributed by atoms with van der Waals surface area (Å²) >= 11 is 0. The van der Waals surface area contributed by atoms with E-state index >= 15 is 4.39 Å². The van der Waals surface area contributed by atoms with E-state index in [-0.39, 0.29) is 35.6 Å². The third-order valence-corrected chi connectivity index (χ3v) is 9.65. The second-order valence-electron chi connectivity index (χ2n) is 12.7. The fourth-order valence-corrected chi connectivity index (χ4v) is 6.40. The summed E-state index contributed by atoms with van der Waals surface area (Å²) in [6.45, 7) is 5.77. The van der Waals surface area contributed by atoms with Crippen LogP contribution in [-0.2, 0) is 25.8 Å². The van der Waals surface area contributed by atoms with E-state index < -0.39 is 57.1 Å². The molecule has 0 saturated heterocycles. The van der Waals surface area contributed by atoms with Gasteiger partial charge in [-0.2, -0.15) is 13.2 Å². The maximum atomic E-state index is 15.3. The molecule has 0 aromatic heterocycles. The molecule has 13 heteroatoms. The van der Waals surface area contributed by atoms with Gasteiger partial charge in [0, 0.05) is 17.9 Å². The summed E-state index contributed by atoms with van der Waals surface area (Å²) in [4.78, 5) is 25.9. The Hall–Kier alpha value is -4.10. The SMILES string of the molecule is CCOC(=O)c1ccc(C[C@H](NC(=O)C2(N[C@@H](c3ccc(-c4ccc(S(C)(=O)=O)cc4)cc3)C(F)(F)F)CC2C(C)(C)F)C(C)=N)cc1. The van der Waals surface area contributed by atoms with E-state index in [4.69, 9.17) is 10.1 Å². The molecule has 0 radical (unpaired) electrons. The van der Waals surface area contributed by atoms with Crippen LogP contribution in [0.2, 0.25) is 0 Å². The van der Waals surface area contributed by atoms with Crippen LogP contribution in [0.5, 0.6) is 0 Å². The standard InChI is InChI=1S/C35H39F4N3O5S/c1-6-47-31(43)26-9-7-22(8-10-26)19-28(21(2)40)41-32(44)34(20-29(34)33(3,4)36)42-30(35(37,38)39)25-13-11-23(12-14-25)24-15-17-27(18-16-24)48(5,45)46/h7-18,28-30,40,42H,6,19-20H2,1-5H3,(H,41,44)/t28-,29?,30-,34?/m0/s1. The number of carbonyl (C=O) groups is 2. The highest BCUT2D eigenvalue weighted by molar-refractivity contribution is 7.90. The summed E-state index contributed by atoms with van der Waals surface area (Å²) in [6.07, 6.45) is -3.88. The van der Waals surface area contributed by atoms with Gasteiger partial charge in [0.05, 0.1) is 23.1 Å². The highest BCUT2D eigenvalue weighted by Gasteiger charge is 2.68. The smallest absolute Gasteiger partial charge is 0.407 e. The van der Waals surface area contributed by atoms with Gasteiger partial charge in [-0.3, -0.25) is 10.1 Å². The predicted molar refractivity (Wildman–Crippen MR) is 174 cm³/mol. The Morgan fingerprint density at radius 1 is 0.958 bits per heavy atom. The van der Waals surface area contributed by atoms with Gasteiger partial charge in [0.15, 0.2) is 9.84 Å². The largest absolute Gasteiger partial charge is 0.462 e. The Bertz CT molecular complexity index is 1750. The topological polar surface area (TPSA) is 125 Å². The zero-order chi connectivity index (χ0) is 35.7. The molecular formula is C35H39F4N3O5S. The molecule has 3 N–H and O–H groups in total. The van der Waals surface area contributed by atoms with E-state index in [1.807, 2.05) is 0 Å². The number of amides is 1. The van der Waals surface area contributed by atoms with Crippen LogP contribution in [0.4, 0.5) is 17.6 Å². The Balaban J connectivity index is 1.58. The van der Waals surface area contributed by atoms with E-state index in [1.165, 1.54) is 57.2 Å². The van der Waals surface area contributed by atoms with Crippen LogP contribution in [0, 0.1) is 11.3 Å². The number of nitrogens with one attached hydrogen (secondary N) is 3. The van der Waals surface area contributed by atoms with E-state index in [2.05, 4.69) is 10.6 Å². The van der Waals surface area contributed by atoms with E-state index in [0.29, 0.717) is 22.3 Å². The minimum Gasteiger partial charge on any atom is -0.462 e. The van der Waals surface area contributed by atoms with Gasteiger partial charge in [-0.25, -0.2) is 17.6 Å². The molecule has 1 fully saturated rings. The van der Waals surface area contributed by atoms with Gasteiger partial charge in [-0.1, -0.05) is 48.5 Å². The van der Waals surface area contributed by atoms with Gasteiger partial charge < -0.3 is 15.5 Å². The highest BCUT2D eigenvalue weighted by Crippen LogP contribution is 2.54. The first-order valence-corrected chi connectivity index (χ1v) is 17.2. The number of hydrogen-bond acceptors (Lipinski definition) is 7. The lowest BCUT2D eigenvalue weighted by Crippen LogP contribution is -2.56. The molecule has 8 nitrogen and oxygen atoms in total. The van der Waals surface area contributed by atoms with Crippen molar-refractivity contribution in [1.29, 1.82) is 5.41 Å². The van der Waals surface area contributed by atoms with Gasteiger partial charge in [-0.15, -0.1) is 0 Å². The van der Waals surface area contributed by atoms with Gasteiger partial charge in [0.1, 0.15) is 17.2 Å². The van der Waals surface area contributed by atoms with Crippen molar-refractivity contribution in [2.75, 3.05) is 12.9 Å². The van der Waals surface area contributed by atoms with Crippen LogP contribution in [0.25, 0.3) is 11.1 Å². The van der Waals surface area contributed by atoms with Crippen LogP contribution in [0.3, 0.4) is 0 Å². The molecule has 0 bridgehead atoms. The first-order valence-electron chi connectivity index (χ1n) is 15.3. The van der Waals surface area contributed by atoms with Crippen molar-refractivity contribution in [3.05, 3.63) is 89.5 Å². The van der Waals surface area contributed by atoms with Crippen molar-refractivity contribution in [2.45, 2.75) is 74.9 Å². The molecule has 0 heterocycles. The molecule has 2 unspecified atom stereocenters. The lowest BCUT2D eigenvalue weighted by Gasteiger charge is -2.31. The normalized spacial score (nSPS) is 19.2. The Morgan fingerprint density at radius 3 is 1.94 bits per heavy atom. The Labute approximate surface area is 277 Å². The minimum absolute atomic E-state index is 0.0391. The molecule has 4 atom stereocenters. The molecule has 0 aliphatic heterocycles. The number of esters is 1. The van der Waals surface area contributed by atoms with Crippen molar-refractivity contribution in [2.24, 2.45) is 5.92 Å². The Kier molecular flexibility index (Phi) is 10.6. The van der Waals surface area contributed by atoms with E-state index in [1.54, 1.807) is 43.3 Å². The summed E-state index contributed by atoms with van der Waals surface area (Å²) in [6, 6.07) is 14.5. The average molecular weight is 690 g/mol. The second kappa shape index (κ2) is 13.8. The summed E-state index contributed by atoms with van der Waals surface area (Å²) in [5.41, 5.74) is -1.97. The van der Waals surface area contributed by atoms with Crippen LogP contribution in [-0.4, -0.2) is 62.3 Å². The number of halogens is 4. The van der Waals surface area contributed by atoms with Gasteiger partial charge >= 0.3 is 12.1 Å². The number of carbonyl (C=O) groups excluding carboxylic acids is 2. The summed E-state index contributed by atoms with van der Waals surface area (Å²) in [5.74, 6) is -2.44. The number of alkyl halides is 4. The molecule has 0 spiro atoms. The molecule has 3 aromatic carbocycles. The monoisotopic (exact) mass is 689 g/mol. The maximum Gasteiger partial charge on any atom is 0.407 e. The van der Waals surface area contributed by atoms with E-state index in [0.717, 1.165) is 6.26 Å². The minimum atomic E-state index is -4.86.